The van der Waals surface area contributed by atoms with Crippen molar-refractivity contribution in [3.05, 3.63) is 53.6 Å². The van der Waals surface area contributed by atoms with E-state index in [2.05, 4.69) is 40.5 Å². The molecule has 1 N–H and O–H groups in total. The Bertz CT molecular complexity index is 1030. The maximum absolute atomic E-state index is 11.7. The lowest BCUT2D eigenvalue weighted by atomic mass is 9.83. The first-order valence-corrected chi connectivity index (χ1v) is 13.7. The fourth-order valence-electron chi connectivity index (χ4n) is 5.31. The lowest BCUT2D eigenvalue weighted by Gasteiger charge is -2.38. The van der Waals surface area contributed by atoms with Crippen molar-refractivity contribution in [3.63, 3.8) is 0 Å². The number of amides is 1. The lowest BCUT2D eigenvalue weighted by molar-refractivity contribution is -0.127. The first kappa shape index (κ1) is 28.2. The molecule has 0 aromatic heterocycles. The second kappa shape index (κ2) is 13.8. The molecule has 0 bridgehead atoms. The number of carbonyl (C=O) groups excluding carboxylic acids is 1. The summed E-state index contributed by atoms with van der Waals surface area (Å²) in [7, 11) is 5.30. The molecule has 1 fully saturated rings. The van der Waals surface area contributed by atoms with Crippen LogP contribution < -0.4 is 19.7 Å². The highest BCUT2D eigenvalue weighted by Gasteiger charge is 2.32. The second-order valence-corrected chi connectivity index (χ2v) is 10.3. The van der Waals surface area contributed by atoms with E-state index in [-0.39, 0.29) is 17.9 Å². The number of piperidine rings is 1. The molecular formula is C30H43N3O5. The van der Waals surface area contributed by atoms with E-state index in [0.717, 1.165) is 74.8 Å². The van der Waals surface area contributed by atoms with Gasteiger partial charge in [-0.15, -0.1) is 0 Å². The van der Waals surface area contributed by atoms with Crippen LogP contribution in [0.1, 0.15) is 43.2 Å². The number of rotatable bonds is 12. The van der Waals surface area contributed by atoms with Gasteiger partial charge in [0.2, 0.25) is 5.91 Å². The second-order valence-electron chi connectivity index (χ2n) is 10.3. The molecule has 8 heteroatoms. The molecule has 3 atom stereocenters. The number of carbonyl (C=O) groups is 1. The first-order valence-electron chi connectivity index (χ1n) is 13.7. The van der Waals surface area contributed by atoms with Gasteiger partial charge in [0.25, 0.3) is 0 Å². The van der Waals surface area contributed by atoms with E-state index in [1.807, 2.05) is 19.2 Å². The van der Waals surface area contributed by atoms with Crippen molar-refractivity contribution in [2.75, 3.05) is 65.6 Å². The fourth-order valence-corrected chi connectivity index (χ4v) is 5.31. The van der Waals surface area contributed by atoms with Crippen molar-refractivity contribution < 1.29 is 23.7 Å². The summed E-state index contributed by atoms with van der Waals surface area (Å²) >= 11 is 0. The Labute approximate surface area is 227 Å². The average molecular weight is 526 g/mol. The summed E-state index contributed by atoms with van der Waals surface area (Å²) in [6, 6.07) is 15.1. The summed E-state index contributed by atoms with van der Waals surface area (Å²) in [5.41, 5.74) is 3.53. The maximum atomic E-state index is 11.7. The van der Waals surface area contributed by atoms with Crippen LogP contribution >= 0.6 is 0 Å². The number of hydrogen-bond acceptors (Lipinski definition) is 7. The van der Waals surface area contributed by atoms with E-state index in [9.17, 15) is 4.79 Å². The Kier molecular flexibility index (Phi) is 10.3. The van der Waals surface area contributed by atoms with Crippen LogP contribution in [0.15, 0.2) is 42.5 Å². The third kappa shape index (κ3) is 7.40. The van der Waals surface area contributed by atoms with Gasteiger partial charge in [-0.3, -0.25) is 4.79 Å². The summed E-state index contributed by atoms with van der Waals surface area (Å²) in [6.45, 7) is 6.95. The zero-order valence-corrected chi connectivity index (χ0v) is 23.3. The van der Waals surface area contributed by atoms with Crippen LogP contribution in [0.2, 0.25) is 0 Å². The summed E-state index contributed by atoms with van der Waals surface area (Å²) in [5.74, 6) is 2.14. The Morgan fingerprint density at radius 3 is 2.74 bits per heavy atom. The van der Waals surface area contributed by atoms with Gasteiger partial charge in [0.15, 0.2) is 0 Å². The van der Waals surface area contributed by atoms with Gasteiger partial charge in [-0.1, -0.05) is 18.2 Å². The van der Waals surface area contributed by atoms with Crippen LogP contribution in [0.5, 0.6) is 11.5 Å². The van der Waals surface area contributed by atoms with Crippen LogP contribution in [0.25, 0.3) is 0 Å². The van der Waals surface area contributed by atoms with Crippen LogP contribution in [-0.2, 0) is 20.9 Å². The highest BCUT2D eigenvalue weighted by molar-refractivity contribution is 5.72. The van der Waals surface area contributed by atoms with Crippen molar-refractivity contribution in [1.29, 1.82) is 0 Å². The minimum Gasteiger partial charge on any atom is -0.497 e. The number of nitrogens with one attached hydrogen (secondary N) is 1. The van der Waals surface area contributed by atoms with Crippen LogP contribution in [-0.4, -0.2) is 83.6 Å². The molecule has 0 radical (unpaired) electrons. The number of methoxy groups -OCH3 is 2. The molecule has 1 amide bonds. The molecule has 4 rings (SSSR count). The van der Waals surface area contributed by atoms with Gasteiger partial charge >= 0.3 is 0 Å². The van der Waals surface area contributed by atoms with Crippen molar-refractivity contribution in [3.8, 4) is 11.5 Å². The lowest BCUT2D eigenvalue weighted by Crippen LogP contribution is -2.48. The number of ether oxygens (including phenoxy) is 4. The van der Waals surface area contributed by atoms with Crippen molar-refractivity contribution in [2.24, 2.45) is 0 Å². The van der Waals surface area contributed by atoms with Gasteiger partial charge in [0, 0.05) is 59.3 Å². The number of anilines is 1. The molecular weight excluding hydrogens is 482 g/mol. The number of hydrogen-bond donors (Lipinski definition) is 1. The first-order chi connectivity index (χ1) is 18.5. The molecule has 0 aliphatic carbocycles. The monoisotopic (exact) mass is 525 g/mol. The standard InChI is InChI=1S/C30H43N3O5/c1-22(34)32(2)14-12-25-19-27(24-7-9-26(36-4)10-8-24)30(20-31-25)38-21-23-6-11-29-28(18-23)33(15-17-37-29)13-5-16-35-3/h6-11,18,25,27,30-31H,5,12-17,19-21H2,1-4H3/t25-,27?,30-/m0/s1. The Balaban J connectivity index is 1.44. The van der Waals surface area contributed by atoms with Gasteiger partial charge in [0.05, 0.1) is 32.1 Å². The Morgan fingerprint density at radius 1 is 1.18 bits per heavy atom. The number of fused-ring (bicyclic) bond motifs is 1. The smallest absolute Gasteiger partial charge is 0.219 e. The third-order valence-electron chi connectivity index (χ3n) is 7.71. The van der Waals surface area contributed by atoms with Gasteiger partial charge in [-0.2, -0.15) is 0 Å². The molecule has 8 nitrogen and oxygen atoms in total. The van der Waals surface area contributed by atoms with Gasteiger partial charge in [-0.05, 0) is 54.7 Å². The van der Waals surface area contributed by atoms with Crippen LogP contribution in [0.4, 0.5) is 5.69 Å². The van der Waals surface area contributed by atoms with E-state index in [4.69, 9.17) is 18.9 Å². The minimum atomic E-state index is 0.0373. The molecule has 1 unspecified atom stereocenters. The molecule has 2 aromatic rings. The molecule has 2 aliphatic heterocycles. The summed E-state index contributed by atoms with van der Waals surface area (Å²) in [5, 5.41) is 3.68. The molecule has 2 aromatic carbocycles. The molecule has 208 valence electrons. The summed E-state index contributed by atoms with van der Waals surface area (Å²) in [6.07, 6.45) is 2.89. The highest BCUT2D eigenvalue weighted by Crippen LogP contribution is 2.35. The zero-order valence-electron chi connectivity index (χ0n) is 23.3. The molecule has 1 saturated heterocycles. The van der Waals surface area contributed by atoms with Gasteiger partial charge in [-0.25, -0.2) is 0 Å². The van der Waals surface area contributed by atoms with Crippen molar-refractivity contribution >= 4 is 11.6 Å². The Hall–Kier alpha value is -2.81. The van der Waals surface area contributed by atoms with E-state index < -0.39 is 0 Å². The minimum absolute atomic E-state index is 0.0373. The molecule has 38 heavy (non-hydrogen) atoms. The SMILES string of the molecule is COCCCN1CCOc2ccc(CO[C@H]3CN[C@@H](CCN(C)C(C)=O)CC3c3ccc(OC)cc3)cc21. The molecule has 0 saturated carbocycles. The predicted octanol–water partition coefficient (Wildman–Crippen LogP) is 3.83. The predicted molar refractivity (Wildman–Crippen MR) is 149 cm³/mol. The average Bonchev–Trinajstić information content (AvgIpc) is 2.95. The molecule has 2 heterocycles. The highest BCUT2D eigenvalue weighted by atomic mass is 16.5. The van der Waals surface area contributed by atoms with Crippen molar-refractivity contribution in [1.82, 2.24) is 10.2 Å². The van der Waals surface area contributed by atoms with Gasteiger partial charge in [0.1, 0.15) is 18.1 Å². The summed E-state index contributed by atoms with van der Waals surface area (Å²) in [4.78, 5) is 15.8. The maximum Gasteiger partial charge on any atom is 0.219 e. The molecule has 2 aliphatic rings. The largest absolute Gasteiger partial charge is 0.497 e. The normalized spacial score (nSPS) is 20.9. The van der Waals surface area contributed by atoms with E-state index >= 15 is 0 Å². The van der Waals surface area contributed by atoms with E-state index in [1.54, 1.807) is 26.0 Å². The van der Waals surface area contributed by atoms with Gasteiger partial charge < -0.3 is 34.1 Å². The topological polar surface area (TPSA) is 72.5 Å². The molecule has 0 spiro atoms. The van der Waals surface area contributed by atoms with E-state index in [0.29, 0.717) is 19.3 Å². The van der Waals surface area contributed by atoms with Crippen molar-refractivity contribution in [2.45, 2.75) is 50.9 Å². The Morgan fingerprint density at radius 2 is 2.00 bits per heavy atom. The number of benzene rings is 2. The van der Waals surface area contributed by atoms with E-state index in [1.165, 1.54) is 5.56 Å². The van der Waals surface area contributed by atoms with Crippen LogP contribution in [0.3, 0.4) is 0 Å². The van der Waals surface area contributed by atoms with Crippen LogP contribution in [0, 0.1) is 0 Å². The fraction of sp³-hybridized carbons (Fsp3) is 0.567. The quantitative estimate of drug-likeness (QED) is 0.422. The third-order valence-corrected chi connectivity index (χ3v) is 7.71. The summed E-state index contributed by atoms with van der Waals surface area (Å²) < 4.78 is 23.1. The zero-order chi connectivity index (χ0) is 26.9. The number of nitrogens with zero attached hydrogens (tertiary/aromatic N) is 2.